The number of benzene rings is 1. The second-order valence-corrected chi connectivity index (χ2v) is 5.15. The predicted octanol–water partition coefficient (Wildman–Crippen LogP) is 1.62. The third kappa shape index (κ3) is 2.72. The van der Waals surface area contributed by atoms with Gasteiger partial charge in [0.1, 0.15) is 5.75 Å². The Balaban J connectivity index is 1.75. The van der Waals surface area contributed by atoms with E-state index in [1.165, 1.54) is 6.07 Å². The molecule has 0 atom stereocenters. The Morgan fingerprint density at radius 3 is 2.84 bits per heavy atom. The molecule has 5 heteroatoms. The van der Waals surface area contributed by atoms with E-state index in [9.17, 15) is 8.78 Å². The molecule has 0 saturated carbocycles. The van der Waals surface area contributed by atoms with Gasteiger partial charge in [-0.3, -0.25) is 4.90 Å². The molecule has 1 aromatic rings. The summed E-state index contributed by atoms with van der Waals surface area (Å²) in [6.45, 7) is 3.34. The predicted molar refractivity (Wildman–Crippen MR) is 68.8 cm³/mol. The Morgan fingerprint density at radius 1 is 1.26 bits per heavy atom. The van der Waals surface area contributed by atoms with Crippen molar-refractivity contribution in [3.8, 4) is 5.75 Å². The lowest BCUT2D eigenvalue weighted by Gasteiger charge is -2.30. The molecule has 2 heterocycles. The van der Waals surface area contributed by atoms with Crippen LogP contribution in [0, 0.1) is 0 Å². The summed E-state index contributed by atoms with van der Waals surface area (Å²) in [6, 6.07) is 4.76. The molecule has 0 spiro atoms. The molecular formula is C14H18F2N2O. The summed E-state index contributed by atoms with van der Waals surface area (Å²) in [5, 5.41) is 3.17. The number of nitrogens with zero attached hydrogens (tertiary/aromatic N) is 1. The Kier molecular flexibility index (Phi) is 3.41. The van der Waals surface area contributed by atoms with Crippen LogP contribution in [0.1, 0.15) is 11.1 Å². The largest absolute Gasteiger partial charge is 0.493 e. The maximum absolute atomic E-state index is 14.3. The highest BCUT2D eigenvalue weighted by atomic mass is 19.3. The van der Waals surface area contributed by atoms with Crippen molar-refractivity contribution >= 4 is 0 Å². The third-order valence-electron chi connectivity index (χ3n) is 3.74. The highest BCUT2D eigenvalue weighted by Gasteiger charge is 2.35. The second-order valence-electron chi connectivity index (χ2n) is 5.15. The molecule has 2 aliphatic rings. The molecule has 0 amide bonds. The zero-order chi connectivity index (χ0) is 13.3. The van der Waals surface area contributed by atoms with Gasteiger partial charge in [0, 0.05) is 38.2 Å². The Labute approximate surface area is 111 Å². The first-order chi connectivity index (χ1) is 9.15. The van der Waals surface area contributed by atoms with Gasteiger partial charge in [-0.1, -0.05) is 0 Å². The molecule has 2 aliphatic heterocycles. The minimum absolute atomic E-state index is 0.107. The van der Waals surface area contributed by atoms with Gasteiger partial charge in [-0.25, -0.2) is 0 Å². The standard InChI is InChI=1S/C14H18F2N2O/c15-14(16,10-18-6-4-17-5-7-18)12-1-2-13-11(9-12)3-8-19-13/h1-2,9,17H,3-8,10H2. The lowest BCUT2D eigenvalue weighted by Crippen LogP contribution is -2.47. The lowest BCUT2D eigenvalue weighted by atomic mass is 10.0. The number of halogens is 2. The van der Waals surface area contributed by atoms with Crippen LogP contribution in [0.2, 0.25) is 0 Å². The topological polar surface area (TPSA) is 24.5 Å². The highest BCUT2D eigenvalue weighted by Crippen LogP contribution is 2.34. The first-order valence-electron chi connectivity index (χ1n) is 6.72. The average molecular weight is 268 g/mol. The van der Waals surface area contributed by atoms with Crippen molar-refractivity contribution in [3.05, 3.63) is 29.3 Å². The molecule has 0 aliphatic carbocycles. The molecule has 19 heavy (non-hydrogen) atoms. The van der Waals surface area contributed by atoms with E-state index in [1.54, 1.807) is 12.1 Å². The number of nitrogens with one attached hydrogen (secondary N) is 1. The second kappa shape index (κ2) is 5.06. The molecule has 104 valence electrons. The number of alkyl halides is 2. The molecule has 0 unspecified atom stereocenters. The Bertz CT molecular complexity index is 459. The van der Waals surface area contributed by atoms with Crippen LogP contribution in [0.4, 0.5) is 8.78 Å². The van der Waals surface area contributed by atoms with Crippen LogP contribution in [-0.2, 0) is 12.3 Å². The van der Waals surface area contributed by atoms with Crippen LogP contribution in [0.3, 0.4) is 0 Å². The van der Waals surface area contributed by atoms with Crippen LogP contribution in [0.15, 0.2) is 18.2 Å². The van der Waals surface area contributed by atoms with Crippen molar-refractivity contribution in [2.45, 2.75) is 12.3 Å². The minimum Gasteiger partial charge on any atom is -0.493 e. The Hall–Kier alpha value is -1.20. The fourth-order valence-electron chi connectivity index (χ4n) is 2.66. The quantitative estimate of drug-likeness (QED) is 0.901. The zero-order valence-electron chi connectivity index (χ0n) is 10.8. The normalized spacial score (nSPS) is 20.1. The number of rotatable bonds is 3. The van der Waals surface area contributed by atoms with E-state index in [0.717, 1.165) is 30.8 Å². The highest BCUT2D eigenvalue weighted by molar-refractivity contribution is 5.41. The van der Waals surface area contributed by atoms with Gasteiger partial charge in [0.15, 0.2) is 0 Å². The van der Waals surface area contributed by atoms with Gasteiger partial charge in [-0.15, -0.1) is 0 Å². The van der Waals surface area contributed by atoms with E-state index < -0.39 is 5.92 Å². The first kappa shape index (κ1) is 12.8. The van der Waals surface area contributed by atoms with Crippen molar-refractivity contribution in [2.75, 3.05) is 39.3 Å². The molecule has 1 aromatic carbocycles. The summed E-state index contributed by atoms with van der Waals surface area (Å²) in [4.78, 5) is 1.82. The molecule has 3 rings (SSSR count). The fraction of sp³-hybridized carbons (Fsp3) is 0.571. The van der Waals surface area contributed by atoms with E-state index >= 15 is 0 Å². The summed E-state index contributed by atoms with van der Waals surface area (Å²) in [6.07, 6.45) is 0.729. The number of piperazine rings is 1. The van der Waals surface area contributed by atoms with Crippen LogP contribution in [0.5, 0.6) is 5.75 Å². The Morgan fingerprint density at radius 2 is 2.05 bits per heavy atom. The molecule has 1 fully saturated rings. The number of ether oxygens (including phenoxy) is 1. The van der Waals surface area contributed by atoms with Gasteiger partial charge in [-0.2, -0.15) is 8.78 Å². The van der Waals surface area contributed by atoms with E-state index in [-0.39, 0.29) is 12.1 Å². The molecule has 1 saturated heterocycles. The van der Waals surface area contributed by atoms with Gasteiger partial charge in [0.2, 0.25) is 0 Å². The third-order valence-corrected chi connectivity index (χ3v) is 3.74. The molecule has 3 nitrogen and oxygen atoms in total. The summed E-state index contributed by atoms with van der Waals surface area (Å²) < 4.78 is 34.0. The van der Waals surface area contributed by atoms with Crippen molar-refractivity contribution < 1.29 is 13.5 Å². The van der Waals surface area contributed by atoms with Crippen LogP contribution < -0.4 is 10.1 Å². The van der Waals surface area contributed by atoms with Gasteiger partial charge < -0.3 is 10.1 Å². The smallest absolute Gasteiger partial charge is 0.285 e. The average Bonchev–Trinajstić information content (AvgIpc) is 2.86. The van der Waals surface area contributed by atoms with E-state index in [2.05, 4.69) is 5.32 Å². The number of hydrogen-bond acceptors (Lipinski definition) is 3. The van der Waals surface area contributed by atoms with Crippen molar-refractivity contribution in [1.82, 2.24) is 10.2 Å². The van der Waals surface area contributed by atoms with Gasteiger partial charge >= 0.3 is 0 Å². The maximum Gasteiger partial charge on any atom is 0.285 e. The van der Waals surface area contributed by atoms with Crippen LogP contribution in [0.25, 0.3) is 0 Å². The van der Waals surface area contributed by atoms with E-state index in [4.69, 9.17) is 4.74 Å². The first-order valence-corrected chi connectivity index (χ1v) is 6.72. The summed E-state index contributed by atoms with van der Waals surface area (Å²) >= 11 is 0. The maximum atomic E-state index is 14.3. The van der Waals surface area contributed by atoms with Crippen LogP contribution >= 0.6 is 0 Å². The molecule has 0 radical (unpaired) electrons. The van der Waals surface area contributed by atoms with Crippen molar-refractivity contribution in [3.63, 3.8) is 0 Å². The van der Waals surface area contributed by atoms with Crippen LogP contribution in [-0.4, -0.2) is 44.2 Å². The zero-order valence-corrected chi connectivity index (χ0v) is 10.8. The monoisotopic (exact) mass is 268 g/mol. The summed E-state index contributed by atoms with van der Waals surface area (Å²) in [5.41, 5.74) is 1.01. The van der Waals surface area contributed by atoms with E-state index in [1.807, 2.05) is 4.90 Å². The van der Waals surface area contributed by atoms with Gasteiger partial charge in [0.05, 0.1) is 13.2 Å². The van der Waals surface area contributed by atoms with Gasteiger partial charge in [-0.05, 0) is 23.8 Å². The number of hydrogen-bond donors (Lipinski definition) is 1. The fourth-order valence-corrected chi connectivity index (χ4v) is 2.66. The summed E-state index contributed by atoms with van der Waals surface area (Å²) in [7, 11) is 0. The minimum atomic E-state index is -2.80. The summed E-state index contributed by atoms with van der Waals surface area (Å²) in [5.74, 6) is -2.05. The van der Waals surface area contributed by atoms with E-state index in [0.29, 0.717) is 19.7 Å². The lowest BCUT2D eigenvalue weighted by molar-refractivity contribution is -0.0401. The SMILES string of the molecule is FC(F)(CN1CCNCC1)c1ccc2c(c1)CCO2. The molecular weight excluding hydrogens is 250 g/mol. The molecule has 0 bridgehead atoms. The molecule has 1 N–H and O–H groups in total. The van der Waals surface area contributed by atoms with Crippen molar-refractivity contribution in [2.24, 2.45) is 0 Å². The number of fused-ring (bicyclic) bond motifs is 1. The van der Waals surface area contributed by atoms with Crippen molar-refractivity contribution in [1.29, 1.82) is 0 Å². The molecule has 0 aromatic heterocycles. The van der Waals surface area contributed by atoms with Gasteiger partial charge in [0.25, 0.3) is 5.92 Å².